The zero-order valence-electron chi connectivity index (χ0n) is 14.6. The maximum Gasteiger partial charge on any atom is 0.176 e. The number of hydrogen-bond donors (Lipinski definition) is 1. The molecular weight excluding hydrogens is 298 g/mol. The number of aromatic hydroxyl groups is 1. The summed E-state index contributed by atoms with van der Waals surface area (Å²) in [4.78, 5) is 2.38. The number of rotatable bonds is 5. The van der Waals surface area contributed by atoms with Crippen LogP contribution in [0.2, 0.25) is 0 Å². The van der Waals surface area contributed by atoms with Crippen molar-refractivity contribution in [3.8, 4) is 17.2 Å². The zero-order valence-corrected chi connectivity index (χ0v) is 14.6. The molecule has 0 spiro atoms. The molecule has 3 nitrogen and oxygen atoms in total. The van der Waals surface area contributed by atoms with Crippen molar-refractivity contribution >= 4 is 5.57 Å². The van der Waals surface area contributed by atoms with Crippen LogP contribution < -0.4 is 4.74 Å². The molecular formula is C21H25NO2. The summed E-state index contributed by atoms with van der Waals surface area (Å²) in [7, 11) is 2.17. The summed E-state index contributed by atoms with van der Waals surface area (Å²) in [5.74, 6) is 1.54. The van der Waals surface area contributed by atoms with Crippen molar-refractivity contribution in [2.45, 2.75) is 32.7 Å². The first kappa shape index (κ1) is 16.6. The Bertz CT molecular complexity index is 751. The van der Waals surface area contributed by atoms with Crippen LogP contribution in [-0.2, 0) is 0 Å². The highest BCUT2D eigenvalue weighted by Crippen LogP contribution is 2.47. The van der Waals surface area contributed by atoms with Crippen molar-refractivity contribution in [3.05, 3.63) is 59.7 Å². The third-order valence-corrected chi connectivity index (χ3v) is 4.86. The van der Waals surface area contributed by atoms with Gasteiger partial charge in [0.15, 0.2) is 11.5 Å². The van der Waals surface area contributed by atoms with Gasteiger partial charge in [-0.05, 0) is 44.1 Å². The van der Waals surface area contributed by atoms with E-state index in [1.165, 1.54) is 0 Å². The predicted molar refractivity (Wildman–Crippen MR) is 98.7 cm³/mol. The van der Waals surface area contributed by atoms with Crippen LogP contribution in [0.15, 0.2) is 48.5 Å². The molecule has 2 aromatic rings. The first-order valence-electron chi connectivity index (χ1n) is 8.65. The van der Waals surface area contributed by atoms with Crippen LogP contribution in [0.25, 0.3) is 5.57 Å². The molecule has 2 aromatic carbocycles. The topological polar surface area (TPSA) is 32.7 Å². The SMILES string of the molecule is CCC(C/C=C1\c2ccccc2Oc2c(O)cccc21)N(C)CC. The van der Waals surface area contributed by atoms with Gasteiger partial charge in [0.25, 0.3) is 0 Å². The summed E-state index contributed by atoms with van der Waals surface area (Å²) >= 11 is 0. The van der Waals surface area contributed by atoms with Gasteiger partial charge in [-0.1, -0.05) is 50.3 Å². The third-order valence-electron chi connectivity index (χ3n) is 4.86. The minimum Gasteiger partial charge on any atom is -0.504 e. The van der Waals surface area contributed by atoms with Gasteiger partial charge < -0.3 is 14.7 Å². The molecule has 3 rings (SSSR count). The van der Waals surface area contributed by atoms with Gasteiger partial charge in [-0.25, -0.2) is 0 Å². The summed E-state index contributed by atoms with van der Waals surface area (Å²) in [6, 6.07) is 14.1. The van der Waals surface area contributed by atoms with E-state index in [1.54, 1.807) is 6.07 Å². The molecule has 0 radical (unpaired) electrons. The van der Waals surface area contributed by atoms with E-state index >= 15 is 0 Å². The van der Waals surface area contributed by atoms with Crippen molar-refractivity contribution < 1.29 is 9.84 Å². The number of para-hydroxylation sites is 2. The standard InChI is InChI=1S/C21H25NO2/c1-4-15(22(3)5-2)13-14-16-17-9-6-7-12-20(17)24-21-18(16)10-8-11-19(21)23/h6-12,14-15,23H,4-5,13H2,1-3H3/b16-14+. The predicted octanol–water partition coefficient (Wildman–Crippen LogP) is 5.05. The van der Waals surface area contributed by atoms with Crippen molar-refractivity contribution in [1.29, 1.82) is 0 Å². The summed E-state index contributed by atoms with van der Waals surface area (Å²) in [5, 5.41) is 10.2. The molecule has 1 aliphatic rings. The molecule has 1 N–H and O–H groups in total. The van der Waals surface area contributed by atoms with E-state index in [1.807, 2.05) is 30.3 Å². The number of hydrogen-bond acceptors (Lipinski definition) is 3. The van der Waals surface area contributed by atoms with Gasteiger partial charge in [-0.3, -0.25) is 0 Å². The molecule has 1 aliphatic heterocycles. The Morgan fingerprint density at radius 1 is 1.08 bits per heavy atom. The van der Waals surface area contributed by atoms with Crippen molar-refractivity contribution in [3.63, 3.8) is 0 Å². The molecule has 0 aromatic heterocycles. The molecule has 1 atom stereocenters. The van der Waals surface area contributed by atoms with Crippen LogP contribution in [0.1, 0.15) is 37.8 Å². The molecule has 0 saturated carbocycles. The second kappa shape index (κ2) is 7.10. The summed E-state index contributed by atoms with van der Waals surface area (Å²) < 4.78 is 5.94. The molecule has 0 saturated heterocycles. The highest BCUT2D eigenvalue weighted by atomic mass is 16.5. The van der Waals surface area contributed by atoms with E-state index in [2.05, 4.69) is 37.9 Å². The van der Waals surface area contributed by atoms with E-state index in [0.717, 1.165) is 41.8 Å². The van der Waals surface area contributed by atoms with Crippen LogP contribution in [0.3, 0.4) is 0 Å². The molecule has 1 heterocycles. The molecule has 24 heavy (non-hydrogen) atoms. The quantitative estimate of drug-likeness (QED) is 0.713. The lowest BCUT2D eigenvalue weighted by atomic mass is 9.92. The highest BCUT2D eigenvalue weighted by Gasteiger charge is 2.24. The number of fused-ring (bicyclic) bond motifs is 2. The van der Waals surface area contributed by atoms with Crippen molar-refractivity contribution in [1.82, 2.24) is 4.90 Å². The molecule has 0 amide bonds. The second-order valence-corrected chi connectivity index (χ2v) is 6.24. The Kier molecular flexibility index (Phi) is 4.91. The van der Waals surface area contributed by atoms with Crippen LogP contribution in [0.5, 0.6) is 17.2 Å². The van der Waals surface area contributed by atoms with E-state index in [4.69, 9.17) is 4.74 Å². The zero-order chi connectivity index (χ0) is 17.1. The van der Waals surface area contributed by atoms with Gasteiger partial charge in [0, 0.05) is 17.2 Å². The largest absolute Gasteiger partial charge is 0.504 e. The summed E-state index contributed by atoms with van der Waals surface area (Å²) in [6.07, 6.45) is 4.37. The van der Waals surface area contributed by atoms with Crippen LogP contribution in [-0.4, -0.2) is 29.6 Å². The van der Waals surface area contributed by atoms with Crippen molar-refractivity contribution in [2.24, 2.45) is 0 Å². The first-order valence-corrected chi connectivity index (χ1v) is 8.65. The maximum absolute atomic E-state index is 10.2. The molecule has 1 unspecified atom stereocenters. The molecule has 0 bridgehead atoms. The van der Waals surface area contributed by atoms with Crippen LogP contribution in [0, 0.1) is 0 Å². The Balaban J connectivity index is 2.04. The van der Waals surface area contributed by atoms with Gasteiger partial charge in [0.1, 0.15) is 5.75 Å². The fourth-order valence-corrected chi connectivity index (χ4v) is 3.27. The maximum atomic E-state index is 10.2. The van der Waals surface area contributed by atoms with E-state index in [-0.39, 0.29) is 5.75 Å². The lowest BCUT2D eigenvalue weighted by molar-refractivity contribution is 0.249. The lowest BCUT2D eigenvalue weighted by Gasteiger charge is -2.27. The number of nitrogens with zero attached hydrogens (tertiary/aromatic N) is 1. The Morgan fingerprint density at radius 3 is 2.58 bits per heavy atom. The van der Waals surface area contributed by atoms with Gasteiger partial charge in [0.2, 0.25) is 0 Å². The number of benzene rings is 2. The average molecular weight is 323 g/mol. The molecule has 0 aliphatic carbocycles. The summed E-state index contributed by atoms with van der Waals surface area (Å²) in [6.45, 7) is 5.46. The fraction of sp³-hybridized carbons (Fsp3) is 0.333. The first-order chi connectivity index (χ1) is 11.7. The third kappa shape index (κ3) is 3.04. The Labute approximate surface area is 144 Å². The Morgan fingerprint density at radius 2 is 1.83 bits per heavy atom. The van der Waals surface area contributed by atoms with Crippen LogP contribution >= 0.6 is 0 Å². The molecule has 3 heteroatoms. The lowest BCUT2D eigenvalue weighted by Crippen LogP contribution is -2.30. The van der Waals surface area contributed by atoms with Crippen molar-refractivity contribution in [2.75, 3.05) is 13.6 Å². The number of phenolic OH excluding ortho intramolecular Hbond substituents is 1. The molecule has 0 fully saturated rings. The fourth-order valence-electron chi connectivity index (χ4n) is 3.27. The average Bonchev–Trinajstić information content (AvgIpc) is 2.61. The number of ether oxygens (including phenoxy) is 1. The summed E-state index contributed by atoms with van der Waals surface area (Å²) in [5.41, 5.74) is 3.19. The molecule has 126 valence electrons. The van der Waals surface area contributed by atoms with Gasteiger partial charge in [-0.2, -0.15) is 0 Å². The second-order valence-electron chi connectivity index (χ2n) is 6.24. The van der Waals surface area contributed by atoms with E-state index in [9.17, 15) is 5.11 Å². The van der Waals surface area contributed by atoms with E-state index < -0.39 is 0 Å². The number of phenols is 1. The monoisotopic (exact) mass is 323 g/mol. The highest BCUT2D eigenvalue weighted by molar-refractivity contribution is 5.89. The van der Waals surface area contributed by atoms with E-state index in [0.29, 0.717) is 11.8 Å². The normalized spacial score (nSPS) is 15.8. The Hall–Kier alpha value is -2.26. The van der Waals surface area contributed by atoms with Gasteiger partial charge in [0.05, 0.1) is 0 Å². The van der Waals surface area contributed by atoms with Gasteiger partial charge >= 0.3 is 0 Å². The van der Waals surface area contributed by atoms with Crippen LogP contribution in [0.4, 0.5) is 0 Å². The smallest absolute Gasteiger partial charge is 0.176 e. The minimum atomic E-state index is 0.186. The van der Waals surface area contributed by atoms with Gasteiger partial charge in [-0.15, -0.1) is 0 Å². The minimum absolute atomic E-state index is 0.186.